The third-order valence-corrected chi connectivity index (χ3v) is 2.14. The SMILES string of the molecule is Cc1cc([CH-]N)ccc1[N+](C)(C)C.[U].[Y]. The predicted octanol–water partition coefficient (Wildman–Crippen LogP) is 1.66. The zero-order valence-electron chi connectivity index (χ0n) is 9.91. The van der Waals surface area contributed by atoms with E-state index in [9.17, 15) is 0 Å². The number of hydrogen-bond acceptors (Lipinski definition) is 1. The molecule has 0 bridgehead atoms. The minimum absolute atomic E-state index is 0. The zero-order chi connectivity index (χ0) is 10.1. The molecule has 1 radical (unpaired) electrons. The molecule has 0 aromatic heterocycles. The van der Waals surface area contributed by atoms with Crippen LogP contribution in [0.25, 0.3) is 0 Å². The molecule has 1 aromatic rings. The van der Waals surface area contributed by atoms with Crippen LogP contribution in [-0.2, 0) is 32.7 Å². The summed E-state index contributed by atoms with van der Waals surface area (Å²) in [4.78, 5) is 0. The van der Waals surface area contributed by atoms with Gasteiger partial charge in [0.25, 0.3) is 0 Å². The van der Waals surface area contributed by atoms with Crippen LogP contribution in [0.2, 0.25) is 0 Å². The standard InChI is InChI=1S/C11H18N2.U.Y/c1-9-7-10(8-12)5-6-11(9)13(2,3)4;;/h5-8H,12H2,1-4H3;;. The summed E-state index contributed by atoms with van der Waals surface area (Å²) in [6.45, 7) is 3.75. The van der Waals surface area contributed by atoms with E-state index in [1.165, 1.54) is 11.3 Å². The van der Waals surface area contributed by atoms with Crippen LogP contribution in [0.1, 0.15) is 11.1 Å². The van der Waals surface area contributed by atoms with E-state index in [4.69, 9.17) is 5.73 Å². The van der Waals surface area contributed by atoms with Gasteiger partial charge in [0, 0.05) is 63.8 Å². The van der Waals surface area contributed by atoms with Gasteiger partial charge >= 0.3 is 0 Å². The van der Waals surface area contributed by atoms with Crippen LogP contribution in [-0.4, -0.2) is 21.1 Å². The van der Waals surface area contributed by atoms with Crippen molar-refractivity contribution in [2.24, 2.45) is 5.73 Å². The Morgan fingerprint density at radius 3 is 2.07 bits per heavy atom. The average molecular weight is 505 g/mol. The molecular formula is C11H18N2UY. The molecule has 0 saturated heterocycles. The van der Waals surface area contributed by atoms with E-state index in [0.717, 1.165) is 10.0 Å². The first-order valence-corrected chi connectivity index (χ1v) is 4.43. The fourth-order valence-corrected chi connectivity index (χ4v) is 1.53. The fraction of sp³-hybridized carbons (Fsp3) is 0.364. The molecule has 0 aliphatic carbocycles. The van der Waals surface area contributed by atoms with Gasteiger partial charge in [-0.25, -0.2) is 0 Å². The predicted molar refractivity (Wildman–Crippen MR) is 58.3 cm³/mol. The minimum atomic E-state index is 0. The number of nitrogens with two attached hydrogens (primary N) is 1. The van der Waals surface area contributed by atoms with Gasteiger partial charge in [-0.2, -0.15) is 17.7 Å². The third-order valence-electron chi connectivity index (χ3n) is 2.14. The van der Waals surface area contributed by atoms with Crippen LogP contribution in [0.4, 0.5) is 5.69 Å². The van der Waals surface area contributed by atoms with E-state index < -0.39 is 0 Å². The molecule has 0 spiro atoms. The van der Waals surface area contributed by atoms with Crippen molar-refractivity contribution in [2.75, 3.05) is 21.1 Å². The topological polar surface area (TPSA) is 26.0 Å². The fourth-order valence-electron chi connectivity index (χ4n) is 1.53. The largest absolute Gasteiger partial charge is 0.360 e. The molecule has 0 heterocycles. The Morgan fingerprint density at radius 2 is 1.73 bits per heavy atom. The smallest absolute Gasteiger partial charge is 0.110 e. The van der Waals surface area contributed by atoms with Crippen LogP contribution >= 0.6 is 0 Å². The second kappa shape index (κ2) is 7.48. The molecule has 0 aliphatic heterocycles. The van der Waals surface area contributed by atoms with Gasteiger partial charge in [-0.1, -0.05) is 6.07 Å². The van der Waals surface area contributed by atoms with Gasteiger partial charge in [0.15, 0.2) is 0 Å². The summed E-state index contributed by atoms with van der Waals surface area (Å²) in [6, 6.07) is 6.29. The zero-order valence-corrected chi connectivity index (χ0v) is 16.9. The quantitative estimate of drug-likeness (QED) is 0.481. The summed E-state index contributed by atoms with van der Waals surface area (Å²) in [7, 11) is 6.48. The van der Waals surface area contributed by atoms with E-state index in [-0.39, 0.29) is 63.8 Å². The van der Waals surface area contributed by atoms with Crippen LogP contribution in [0.3, 0.4) is 0 Å². The molecular weight excluding hydrogens is 487 g/mol. The van der Waals surface area contributed by atoms with Crippen LogP contribution in [0, 0.1) is 44.6 Å². The number of rotatable bonds is 2. The van der Waals surface area contributed by atoms with Gasteiger partial charge < -0.3 is 5.73 Å². The Hall–Kier alpha value is 1.17. The number of benzene rings is 1. The Morgan fingerprint density at radius 1 is 1.20 bits per heavy atom. The van der Waals surface area contributed by atoms with Gasteiger partial charge in [0.1, 0.15) is 5.69 Å². The van der Waals surface area contributed by atoms with Crippen molar-refractivity contribution in [3.63, 3.8) is 0 Å². The number of nitrogens with zero attached hydrogens (tertiary/aromatic N) is 1. The van der Waals surface area contributed by atoms with Crippen molar-refractivity contribution >= 4 is 5.69 Å². The van der Waals surface area contributed by atoms with E-state index in [1.807, 2.05) is 6.07 Å². The van der Waals surface area contributed by atoms with E-state index in [2.05, 4.69) is 40.2 Å². The Balaban J connectivity index is 0. The summed E-state index contributed by atoms with van der Waals surface area (Å²) >= 11 is 0. The molecule has 0 amide bonds. The first kappa shape index (κ1) is 18.5. The molecule has 0 unspecified atom stereocenters. The van der Waals surface area contributed by atoms with Crippen molar-refractivity contribution in [3.05, 3.63) is 35.9 Å². The molecule has 1 rings (SSSR count). The van der Waals surface area contributed by atoms with Crippen molar-refractivity contribution in [1.82, 2.24) is 4.48 Å². The molecule has 2 N–H and O–H groups in total. The van der Waals surface area contributed by atoms with Gasteiger partial charge in [0.2, 0.25) is 0 Å². The molecule has 0 fully saturated rings. The van der Waals surface area contributed by atoms with Gasteiger partial charge in [-0.05, 0) is 12.5 Å². The van der Waals surface area contributed by atoms with Gasteiger partial charge in [-0.15, -0.1) is 6.54 Å². The molecule has 0 atom stereocenters. The summed E-state index contributed by atoms with van der Waals surface area (Å²) in [5, 5.41) is 0. The number of hydrogen-bond donors (Lipinski definition) is 1. The second-order valence-electron chi connectivity index (χ2n) is 4.23. The first-order valence-electron chi connectivity index (χ1n) is 4.43. The monoisotopic (exact) mass is 505 g/mol. The summed E-state index contributed by atoms with van der Waals surface area (Å²) < 4.78 is 0.844. The van der Waals surface area contributed by atoms with Crippen LogP contribution < -0.4 is 10.2 Å². The molecule has 1 aromatic carbocycles. The summed E-state index contributed by atoms with van der Waals surface area (Å²) in [6.07, 6.45) is 0. The molecule has 4 heteroatoms. The van der Waals surface area contributed by atoms with Crippen LogP contribution in [0.15, 0.2) is 18.2 Å². The molecule has 0 saturated carbocycles. The Labute approximate surface area is 142 Å². The van der Waals surface area contributed by atoms with Crippen molar-refractivity contribution in [3.8, 4) is 0 Å². The van der Waals surface area contributed by atoms with Gasteiger partial charge in [0.05, 0.1) is 21.1 Å². The molecule has 0 aliphatic rings. The average Bonchev–Trinajstić information content (AvgIpc) is 2.01. The summed E-state index contributed by atoms with van der Waals surface area (Å²) in [5.41, 5.74) is 9.13. The minimum Gasteiger partial charge on any atom is -0.360 e. The van der Waals surface area contributed by atoms with Crippen molar-refractivity contribution in [1.29, 1.82) is 0 Å². The normalized spacial score (nSPS) is 9.93. The maximum absolute atomic E-state index is 5.45. The van der Waals surface area contributed by atoms with Crippen molar-refractivity contribution < 1.29 is 63.8 Å². The number of quaternary nitrogens is 1. The maximum atomic E-state index is 5.45. The van der Waals surface area contributed by atoms with Crippen molar-refractivity contribution in [2.45, 2.75) is 6.92 Å². The van der Waals surface area contributed by atoms with Crippen LogP contribution in [0.5, 0.6) is 0 Å². The van der Waals surface area contributed by atoms with E-state index in [0.29, 0.717) is 0 Å². The van der Waals surface area contributed by atoms with Gasteiger partial charge in [-0.3, -0.25) is 4.48 Å². The maximum Gasteiger partial charge on any atom is 0.110 e. The first-order chi connectivity index (χ1) is 5.95. The Bertz CT molecular complexity index is 308. The summed E-state index contributed by atoms with van der Waals surface area (Å²) in [5.74, 6) is 0. The Kier molecular flexibility index (Phi) is 9.24. The molecule has 79 valence electrons. The van der Waals surface area contributed by atoms with E-state index >= 15 is 0 Å². The molecule has 2 nitrogen and oxygen atoms in total. The molecule has 15 heavy (non-hydrogen) atoms. The number of aryl methyl sites for hydroxylation is 1. The second-order valence-corrected chi connectivity index (χ2v) is 4.23. The third kappa shape index (κ3) is 5.35. The van der Waals surface area contributed by atoms with E-state index in [1.54, 1.807) is 6.54 Å².